The highest BCUT2D eigenvalue weighted by Crippen LogP contribution is 2.45. The minimum Gasteiger partial charge on any atom is -0.378 e. The molecule has 0 atom stereocenters. The van der Waals surface area contributed by atoms with Gasteiger partial charge in [0, 0.05) is 41.1 Å². The van der Waals surface area contributed by atoms with Crippen LogP contribution >= 0.6 is 0 Å². The molecule has 0 spiro atoms. The lowest BCUT2D eigenvalue weighted by atomic mass is 10.1. The number of allylic oxidation sites excluding steroid dienone is 2. The van der Waals surface area contributed by atoms with Gasteiger partial charge in [-0.15, -0.1) is 0 Å². The lowest BCUT2D eigenvalue weighted by molar-refractivity contribution is -0.119. The topological polar surface area (TPSA) is 112 Å². The van der Waals surface area contributed by atoms with Gasteiger partial charge in [-0.3, -0.25) is 9.59 Å². The summed E-state index contributed by atoms with van der Waals surface area (Å²) in [5, 5.41) is 20.3. The number of carbonyl (C=O) groups is 2. The van der Waals surface area contributed by atoms with Gasteiger partial charge in [-0.05, 0) is 74.4 Å². The molecule has 39 heavy (non-hydrogen) atoms. The van der Waals surface area contributed by atoms with Crippen LogP contribution < -0.4 is 10.6 Å². The molecule has 2 fully saturated rings. The van der Waals surface area contributed by atoms with E-state index < -0.39 is 5.41 Å². The van der Waals surface area contributed by atoms with Crippen molar-refractivity contribution >= 4 is 34.1 Å². The highest BCUT2D eigenvalue weighted by atomic mass is 16.5. The highest BCUT2D eigenvalue weighted by Gasteiger charge is 2.50. The van der Waals surface area contributed by atoms with Crippen LogP contribution in [0.25, 0.3) is 16.6 Å². The molecule has 0 bridgehead atoms. The second-order valence-electron chi connectivity index (χ2n) is 9.65. The SMILES string of the molecule is C=C(/C=C\C(=C/C)N1CCOCC1)C(=O)Nc1ccc2c(cnn2-c2ccc(NC(=O)C3(C#N)CC3)cc2)c1. The maximum absolute atomic E-state index is 12.8. The summed E-state index contributed by atoms with van der Waals surface area (Å²) in [7, 11) is 0. The second kappa shape index (κ2) is 11.0. The van der Waals surface area contributed by atoms with Gasteiger partial charge in [-0.2, -0.15) is 10.4 Å². The molecule has 1 saturated carbocycles. The van der Waals surface area contributed by atoms with Gasteiger partial charge in [0.25, 0.3) is 5.91 Å². The maximum Gasteiger partial charge on any atom is 0.255 e. The number of ether oxygens (including phenoxy) is 1. The van der Waals surface area contributed by atoms with Crippen LogP contribution in [0.1, 0.15) is 19.8 Å². The lowest BCUT2D eigenvalue weighted by Crippen LogP contribution is -2.35. The first-order valence-corrected chi connectivity index (χ1v) is 12.9. The fraction of sp³-hybridized carbons (Fsp3) is 0.267. The van der Waals surface area contributed by atoms with Gasteiger partial charge in [0.1, 0.15) is 5.41 Å². The number of benzene rings is 2. The molecule has 1 aliphatic heterocycles. The van der Waals surface area contributed by atoms with Crippen molar-refractivity contribution in [1.29, 1.82) is 5.26 Å². The molecule has 0 radical (unpaired) electrons. The average molecular weight is 523 g/mol. The number of rotatable bonds is 8. The molecular weight excluding hydrogens is 492 g/mol. The van der Waals surface area contributed by atoms with Crippen LogP contribution in [0, 0.1) is 16.7 Å². The molecule has 2 heterocycles. The van der Waals surface area contributed by atoms with Crippen molar-refractivity contribution in [3.8, 4) is 11.8 Å². The number of hydrogen-bond donors (Lipinski definition) is 2. The molecule has 2 aromatic carbocycles. The summed E-state index contributed by atoms with van der Waals surface area (Å²) in [6.07, 6.45) is 8.59. The molecule has 2 aliphatic rings. The van der Waals surface area contributed by atoms with E-state index in [9.17, 15) is 14.9 Å². The molecule has 1 aliphatic carbocycles. The standard InChI is InChI=1S/C30H30N6O3/c1-3-25(35-14-16-39-17-15-35)8-4-21(2)28(37)33-24-7-11-27-22(18-24)19-32-36(27)26-9-5-23(6-10-26)34-29(38)30(20-31)12-13-30/h3-11,18-19H,2,12-17H2,1H3,(H,33,37)(H,34,38)/b8-4-,25-3+. The second-order valence-corrected chi connectivity index (χ2v) is 9.65. The monoisotopic (exact) mass is 522 g/mol. The first-order valence-electron chi connectivity index (χ1n) is 12.9. The Labute approximate surface area is 227 Å². The minimum absolute atomic E-state index is 0.255. The molecule has 1 aromatic heterocycles. The van der Waals surface area contributed by atoms with Crippen LogP contribution in [0.5, 0.6) is 0 Å². The van der Waals surface area contributed by atoms with E-state index in [1.807, 2.05) is 49.4 Å². The van der Waals surface area contributed by atoms with Crippen molar-refractivity contribution in [2.45, 2.75) is 19.8 Å². The van der Waals surface area contributed by atoms with E-state index in [1.54, 1.807) is 29.1 Å². The molecule has 9 heteroatoms. The Kier molecular flexibility index (Phi) is 7.30. The zero-order valence-corrected chi connectivity index (χ0v) is 21.8. The van der Waals surface area contributed by atoms with Crippen LogP contribution in [0.2, 0.25) is 0 Å². The first-order chi connectivity index (χ1) is 18.9. The van der Waals surface area contributed by atoms with Crippen molar-refractivity contribution in [3.63, 3.8) is 0 Å². The van der Waals surface area contributed by atoms with E-state index in [-0.39, 0.29) is 11.8 Å². The van der Waals surface area contributed by atoms with Gasteiger partial charge in [0.2, 0.25) is 5.91 Å². The summed E-state index contributed by atoms with van der Waals surface area (Å²) in [6.45, 7) is 8.92. The summed E-state index contributed by atoms with van der Waals surface area (Å²) in [6, 6.07) is 15.0. The van der Waals surface area contributed by atoms with Gasteiger partial charge < -0.3 is 20.3 Å². The summed E-state index contributed by atoms with van der Waals surface area (Å²) < 4.78 is 7.20. The predicted octanol–water partition coefficient (Wildman–Crippen LogP) is 4.55. The summed E-state index contributed by atoms with van der Waals surface area (Å²) in [4.78, 5) is 27.3. The van der Waals surface area contributed by atoms with Crippen LogP contribution in [0.15, 0.2) is 84.7 Å². The smallest absolute Gasteiger partial charge is 0.255 e. The number of nitrogens with one attached hydrogen (secondary N) is 2. The summed E-state index contributed by atoms with van der Waals surface area (Å²) in [5.74, 6) is -0.535. The molecule has 9 nitrogen and oxygen atoms in total. The number of anilines is 2. The van der Waals surface area contributed by atoms with Crippen molar-refractivity contribution in [1.82, 2.24) is 14.7 Å². The Bertz CT molecular complexity index is 1520. The quantitative estimate of drug-likeness (QED) is 0.332. The third-order valence-corrected chi connectivity index (χ3v) is 7.01. The number of hydrogen-bond acceptors (Lipinski definition) is 6. The van der Waals surface area contributed by atoms with Gasteiger partial charge in [0.15, 0.2) is 0 Å². The van der Waals surface area contributed by atoms with E-state index in [4.69, 9.17) is 4.74 Å². The molecular formula is C30H30N6O3. The van der Waals surface area contributed by atoms with Crippen molar-refractivity contribution in [3.05, 3.63) is 84.7 Å². The van der Waals surface area contributed by atoms with E-state index in [0.29, 0.717) is 43.0 Å². The molecule has 198 valence electrons. The third-order valence-electron chi connectivity index (χ3n) is 7.01. The number of amides is 2. The molecule has 2 amide bonds. The fourth-order valence-corrected chi connectivity index (χ4v) is 4.45. The molecule has 5 rings (SSSR count). The lowest BCUT2D eigenvalue weighted by Gasteiger charge is -2.29. The largest absolute Gasteiger partial charge is 0.378 e. The van der Waals surface area contributed by atoms with E-state index in [2.05, 4.69) is 33.3 Å². The third kappa shape index (κ3) is 5.61. The van der Waals surface area contributed by atoms with Crippen molar-refractivity contribution in [2.75, 3.05) is 36.9 Å². The normalized spacial score (nSPS) is 16.6. The first kappa shape index (κ1) is 25.9. The summed E-state index contributed by atoms with van der Waals surface area (Å²) >= 11 is 0. The van der Waals surface area contributed by atoms with E-state index in [1.165, 1.54) is 0 Å². The molecule has 0 unspecified atom stereocenters. The molecule has 1 saturated heterocycles. The Morgan fingerprint density at radius 3 is 2.46 bits per heavy atom. The Hall–Kier alpha value is -4.68. The van der Waals surface area contributed by atoms with Crippen molar-refractivity contribution < 1.29 is 14.3 Å². The zero-order chi connectivity index (χ0) is 27.4. The van der Waals surface area contributed by atoms with E-state index in [0.717, 1.165) is 35.4 Å². The van der Waals surface area contributed by atoms with Gasteiger partial charge >= 0.3 is 0 Å². The van der Waals surface area contributed by atoms with Gasteiger partial charge in [-0.1, -0.05) is 12.7 Å². The number of carbonyl (C=O) groups excluding carboxylic acids is 2. The maximum atomic E-state index is 12.8. The van der Waals surface area contributed by atoms with Crippen molar-refractivity contribution in [2.24, 2.45) is 5.41 Å². The number of nitrogens with zero attached hydrogens (tertiary/aromatic N) is 4. The number of morpholine rings is 1. The van der Waals surface area contributed by atoms with Crippen LogP contribution in [-0.2, 0) is 14.3 Å². The molecule has 3 aromatic rings. The Morgan fingerprint density at radius 2 is 1.79 bits per heavy atom. The van der Waals surface area contributed by atoms with Crippen LogP contribution in [0.3, 0.4) is 0 Å². The minimum atomic E-state index is -0.870. The van der Waals surface area contributed by atoms with Crippen LogP contribution in [0.4, 0.5) is 11.4 Å². The van der Waals surface area contributed by atoms with E-state index >= 15 is 0 Å². The predicted molar refractivity (Wildman–Crippen MR) is 150 cm³/mol. The van der Waals surface area contributed by atoms with Gasteiger partial charge in [-0.25, -0.2) is 4.68 Å². The zero-order valence-electron chi connectivity index (χ0n) is 21.8. The highest BCUT2D eigenvalue weighted by molar-refractivity contribution is 6.06. The number of aromatic nitrogens is 2. The fourth-order valence-electron chi connectivity index (χ4n) is 4.45. The van der Waals surface area contributed by atoms with Crippen LogP contribution in [-0.4, -0.2) is 52.8 Å². The Morgan fingerprint density at radius 1 is 1.08 bits per heavy atom. The van der Waals surface area contributed by atoms with Gasteiger partial charge in [0.05, 0.1) is 36.7 Å². The Balaban J connectivity index is 1.23. The molecule has 2 N–H and O–H groups in total. The summed E-state index contributed by atoms with van der Waals surface area (Å²) in [5.41, 5.74) is 3.48. The average Bonchev–Trinajstić information content (AvgIpc) is 3.67. The number of nitriles is 1. The number of fused-ring (bicyclic) bond motifs is 1.